The van der Waals surface area contributed by atoms with Crippen molar-refractivity contribution in [2.45, 2.75) is 57.6 Å². The van der Waals surface area contributed by atoms with Gasteiger partial charge in [-0.1, -0.05) is 5.57 Å². The number of aliphatic carboxylic acids is 1. The number of carboxylic acid groups (broad SMARTS) is 1. The Bertz CT molecular complexity index is 545. The van der Waals surface area contributed by atoms with Crippen molar-refractivity contribution in [3.05, 3.63) is 11.6 Å². The lowest BCUT2D eigenvalue weighted by molar-refractivity contribution is -0.144. The van der Waals surface area contributed by atoms with Gasteiger partial charge in [0.25, 0.3) is 0 Å². The zero-order valence-electron chi connectivity index (χ0n) is 13.6. The number of carbonyl (C=O) groups excluding carboxylic acids is 1. The molecule has 0 saturated heterocycles. The molecule has 0 aromatic heterocycles. The van der Waals surface area contributed by atoms with Gasteiger partial charge in [-0.3, -0.25) is 4.99 Å². The second-order valence-corrected chi connectivity index (χ2v) is 7.06. The smallest absolute Gasteiger partial charge is 0.408 e. The van der Waals surface area contributed by atoms with Gasteiger partial charge in [0.15, 0.2) is 0 Å². The molecule has 6 nitrogen and oxygen atoms in total. The molecule has 0 heterocycles. The van der Waals surface area contributed by atoms with Gasteiger partial charge in [0.2, 0.25) is 0 Å². The van der Waals surface area contributed by atoms with E-state index in [0.717, 1.165) is 24.1 Å². The molecule has 0 aliphatic heterocycles. The molecule has 1 amide bonds. The third kappa shape index (κ3) is 3.48. The first kappa shape index (κ1) is 16.5. The van der Waals surface area contributed by atoms with Crippen molar-refractivity contribution in [2.75, 3.05) is 7.05 Å². The summed E-state index contributed by atoms with van der Waals surface area (Å²) < 4.78 is 5.21. The number of carboxylic acids is 1. The Labute approximate surface area is 130 Å². The van der Waals surface area contributed by atoms with E-state index in [1.807, 2.05) is 6.08 Å². The summed E-state index contributed by atoms with van der Waals surface area (Å²) in [7, 11) is 1.74. The largest absolute Gasteiger partial charge is 0.479 e. The number of nitrogens with zero attached hydrogens (tertiary/aromatic N) is 1. The number of alkyl carbamates (subject to hydrolysis) is 1. The predicted octanol–water partition coefficient (Wildman–Crippen LogP) is 2.54. The van der Waals surface area contributed by atoms with E-state index in [1.54, 1.807) is 27.8 Å². The fourth-order valence-electron chi connectivity index (χ4n) is 3.17. The molecule has 2 aliphatic rings. The fraction of sp³-hybridized carbons (Fsp3) is 0.688. The highest BCUT2D eigenvalue weighted by Crippen LogP contribution is 2.44. The number of ether oxygens (including phenoxy) is 1. The third-order valence-electron chi connectivity index (χ3n) is 4.16. The minimum Gasteiger partial charge on any atom is -0.479 e. The Morgan fingerprint density at radius 1 is 1.45 bits per heavy atom. The molecule has 2 N–H and O–H groups in total. The van der Waals surface area contributed by atoms with Crippen LogP contribution in [-0.4, -0.2) is 41.1 Å². The second kappa shape index (κ2) is 5.74. The molecule has 6 heteroatoms. The molecule has 0 aromatic carbocycles. The van der Waals surface area contributed by atoms with Crippen molar-refractivity contribution in [3.8, 4) is 0 Å². The Hall–Kier alpha value is -1.85. The van der Waals surface area contributed by atoms with E-state index in [9.17, 15) is 14.7 Å². The Balaban J connectivity index is 2.19. The molecule has 2 unspecified atom stereocenters. The minimum atomic E-state index is -1.28. The first-order chi connectivity index (χ1) is 10.1. The van der Waals surface area contributed by atoms with Crippen molar-refractivity contribution in [2.24, 2.45) is 10.9 Å². The van der Waals surface area contributed by atoms with Gasteiger partial charge in [0, 0.05) is 19.2 Å². The van der Waals surface area contributed by atoms with E-state index in [-0.39, 0.29) is 5.92 Å². The normalized spacial score (nSPS) is 29.7. The van der Waals surface area contributed by atoms with Gasteiger partial charge in [0.05, 0.1) is 0 Å². The van der Waals surface area contributed by atoms with Gasteiger partial charge in [-0.15, -0.1) is 0 Å². The number of carbonyl (C=O) groups is 2. The maximum atomic E-state index is 12.0. The fourth-order valence-corrected chi connectivity index (χ4v) is 3.17. The minimum absolute atomic E-state index is 0.191. The maximum Gasteiger partial charge on any atom is 0.408 e. The summed E-state index contributed by atoms with van der Waals surface area (Å²) in [5.74, 6) is -0.819. The summed E-state index contributed by atoms with van der Waals surface area (Å²) in [5, 5.41) is 12.2. The summed E-state index contributed by atoms with van der Waals surface area (Å²) in [4.78, 5) is 28.0. The molecule has 122 valence electrons. The van der Waals surface area contributed by atoms with Gasteiger partial charge in [-0.25, -0.2) is 9.59 Å². The van der Waals surface area contributed by atoms with E-state index in [2.05, 4.69) is 10.3 Å². The van der Waals surface area contributed by atoms with Crippen LogP contribution < -0.4 is 5.32 Å². The average Bonchev–Trinajstić information content (AvgIpc) is 2.74. The highest BCUT2D eigenvalue weighted by atomic mass is 16.6. The van der Waals surface area contributed by atoms with E-state index in [0.29, 0.717) is 12.8 Å². The first-order valence-corrected chi connectivity index (χ1v) is 7.56. The zero-order chi connectivity index (χ0) is 16.5. The van der Waals surface area contributed by atoms with Crippen LogP contribution in [0.3, 0.4) is 0 Å². The maximum absolute atomic E-state index is 12.0. The standard InChI is InChI=1S/C16H24N2O4/c1-15(2,3)22-14(21)18-16(13(19)20)8-10-5-6-12(17-4)7-11(10)9-16/h7,10H,5-6,8-9H2,1-4H3,(H,18,21)(H,19,20). The molecular weight excluding hydrogens is 284 g/mol. The lowest BCUT2D eigenvalue weighted by atomic mass is 9.89. The van der Waals surface area contributed by atoms with Crippen LogP contribution in [0.5, 0.6) is 0 Å². The second-order valence-electron chi connectivity index (χ2n) is 7.06. The number of allylic oxidation sites excluding steroid dienone is 1. The number of aliphatic imine (C=N–C) groups is 1. The Morgan fingerprint density at radius 3 is 2.68 bits per heavy atom. The van der Waals surface area contributed by atoms with Crippen LogP contribution in [0.2, 0.25) is 0 Å². The van der Waals surface area contributed by atoms with Crippen molar-refractivity contribution >= 4 is 17.8 Å². The molecule has 0 aromatic rings. The van der Waals surface area contributed by atoms with Gasteiger partial charge >= 0.3 is 12.1 Å². The zero-order valence-corrected chi connectivity index (χ0v) is 13.6. The van der Waals surface area contributed by atoms with Crippen LogP contribution in [0, 0.1) is 5.92 Å². The van der Waals surface area contributed by atoms with Crippen LogP contribution in [0.25, 0.3) is 0 Å². The number of nitrogens with one attached hydrogen (secondary N) is 1. The molecule has 0 spiro atoms. The summed E-state index contributed by atoms with van der Waals surface area (Å²) in [5.41, 5.74) is 0.119. The van der Waals surface area contributed by atoms with E-state index in [1.165, 1.54) is 0 Å². The quantitative estimate of drug-likeness (QED) is 0.820. The molecule has 0 radical (unpaired) electrons. The van der Waals surface area contributed by atoms with Crippen molar-refractivity contribution in [1.82, 2.24) is 5.32 Å². The molecule has 1 fully saturated rings. The highest BCUT2D eigenvalue weighted by Gasteiger charge is 2.50. The van der Waals surface area contributed by atoms with Crippen molar-refractivity contribution < 1.29 is 19.4 Å². The molecule has 2 atom stereocenters. The molecule has 0 bridgehead atoms. The SMILES string of the molecule is CN=C1C=C2CC(NC(=O)OC(C)(C)C)(C(=O)O)CC2CC1. The van der Waals surface area contributed by atoms with Gasteiger partial charge in [-0.05, 0) is 52.0 Å². The van der Waals surface area contributed by atoms with Crippen molar-refractivity contribution in [3.63, 3.8) is 0 Å². The lowest BCUT2D eigenvalue weighted by Gasteiger charge is -2.28. The van der Waals surface area contributed by atoms with E-state index < -0.39 is 23.2 Å². The van der Waals surface area contributed by atoms with E-state index in [4.69, 9.17) is 4.74 Å². The molecule has 1 saturated carbocycles. The first-order valence-electron chi connectivity index (χ1n) is 7.56. The summed E-state index contributed by atoms with van der Waals surface area (Å²) in [6.45, 7) is 5.25. The summed E-state index contributed by atoms with van der Waals surface area (Å²) in [6, 6.07) is 0. The molecular formula is C16H24N2O4. The van der Waals surface area contributed by atoms with Crippen LogP contribution >= 0.6 is 0 Å². The van der Waals surface area contributed by atoms with Crippen LogP contribution in [0.15, 0.2) is 16.6 Å². The predicted molar refractivity (Wildman–Crippen MR) is 83.1 cm³/mol. The van der Waals surface area contributed by atoms with Crippen LogP contribution in [0.1, 0.15) is 46.5 Å². The monoisotopic (exact) mass is 308 g/mol. The van der Waals surface area contributed by atoms with Gasteiger partial charge in [0.1, 0.15) is 11.1 Å². The van der Waals surface area contributed by atoms with Crippen molar-refractivity contribution in [1.29, 1.82) is 0 Å². The number of hydrogen-bond acceptors (Lipinski definition) is 4. The lowest BCUT2D eigenvalue weighted by Crippen LogP contribution is -2.54. The molecule has 22 heavy (non-hydrogen) atoms. The topological polar surface area (TPSA) is 88.0 Å². The molecule has 2 aliphatic carbocycles. The summed E-state index contributed by atoms with van der Waals surface area (Å²) >= 11 is 0. The number of hydrogen-bond donors (Lipinski definition) is 2. The van der Waals surface area contributed by atoms with E-state index >= 15 is 0 Å². The van der Waals surface area contributed by atoms with Gasteiger partial charge in [-0.2, -0.15) is 0 Å². The average molecular weight is 308 g/mol. The molecule has 2 rings (SSSR count). The van der Waals surface area contributed by atoms with Crippen LogP contribution in [0.4, 0.5) is 4.79 Å². The Kier molecular flexibility index (Phi) is 4.31. The number of amides is 1. The Morgan fingerprint density at radius 2 is 2.14 bits per heavy atom. The third-order valence-corrected chi connectivity index (χ3v) is 4.16. The highest BCUT2D eigenvalue weighted by molar-refractivity contribution is 5.97. The van der Waals surface area contributed by atoms with Crippen LogP contribution in [-0.2, 0) is 9.53 Å². The number of rotatable bonds is 2. The van der Waals surface area contributed by atoms with Gasteiger partial charge < -0.3 is 15.2 Å². The summed E-state index contributed by atoms with van der Waals surface area (Å²) in [6.07, 6.45) is 3.75. The number of fused-ring (bicyclic) bond motifs is 1.